The van der Waals surface area contributed by atoms with Crippen molar-refractivity contribution in [2.24, 2.45) is 5.41 Å². The van der Waals surface area contributed by atoms with Crippen LogP contribution in [0.1, 0.15) is 24.6 Å². The maximum absolute atomic E-state index is 13.7. The van der Waals surface area contributed by atoms with E-state index in [-0.39, 0.29) is 24.0 Å². The molecule has 0 bridgehead atoms. The Balaban J connectivity index is 1.38. The molecule has 2 aliphatic rings. The maximum Gasteiger partial charge on any atom is 0.273 e. The Bertz CT molecular complexity index is 1560. The number of aryl methyl sites for hydroxylation is 1. The van der Waals surface area contributed by atoms with E-state index in [1.165, 1.54) is 34.3 Å². The number of hydrogen-bond acceptors (Lipinski definition) is 7. The second kappa shape index (κ2) is 9.19. The normalized spacial score (nSPS) is 19.8. The van der Waals surface area contributed by atoms with Gasteiger partial charge in [0.05, 0.1) is 23.8 Å². The molecular formula is C25H25FN6O3S2. The zero-order valence-corrected chi connectivity index (χ0v) is 21.8. The lowest BCUT2D eigenvalue weighted by molar-refractivity contribution is 0.124. The van der Waals surface area contributed by atoms with Gasteiger partial charge in [-0.15, -0.1) is 0 Å². The zero-order valence-electron chi connectivity index (χ0n) is 20.1. The van der Waals surface area contributed by atoms with Crippen LogP contribution < -0.4 is 4.74 Å². The smallest absolute Gasteiger partial charge is 0.273 e. The lowest BCUT2D eigenvalue weighted by Gasteiger charge is -2.45. The van der Waals surface area contributed by atoms with E-state index in [0.717, 1.165) is 22.5 Å². The van der Waals surface area contributed by atoms with Crippen molar-refractivity contribution < 1.29 is 17.5 Å². The summed E-state index contributed by atoms with van der Waals surface area (Å²) in [6.07, 6.45) is 8.21. The van der Waals surface area contributed by atoms with E-state index in [9.17, 15) is 12.8 Å². The van der Waals surface area contributed by atoms with E-state index >= 15 is 0 Å². The fraction of sp³-hybridized carbons (Fsp3) is 0.320. The van der Waals surface area contributed by atoms with E-state index < -0.39 is 15.4 Å². The van der Waals surface area contributed by atoms with Crippen LogP contribution in [0.3, 0.4) is 0 Å². The lowest BCUT2D eigenvalue weighted by Crippen LogP contribution is -2.52. The van der Waals surface area contributed by atoms with E-state index in [2.05, 4.69) is 21.3 Å². The van der Waals surface area contributed by atoms with Gasteiger partial charge in [0, 0.05) is 36.6 Å². The molecule has 0 amide bonds. The van der Waals surface area contributed by atoms with E-state index in [0.29, 0.717) is 31.1 Å². The van der Waals surface area contributed by atoms with Crippen molar-refractivity contribution in [3.05, 3.63) is 77.0 Å². The van der Waals surface area contributed by atoms with Gasteiger partial charge >= 0.3 is 0 Å². The first-order valence-corrected chi connectivity index (χ1v) is 14.3. The largest absolute Gasteiger partial charge is 0.469 e. The van der Waals surface area contributed by atoms with Gasteiger partial charge in [0.1, 0.15) is 12.4 Å². The molecule has 4 aromatic rings. The van der Waals surface area contributed by atoms with Gasteiger partial charge in [-0.2, -0.15) is 14.5 Å². The fourth-order valence-electron chi connectivity index (χ4n) is 5.21. The second-order valence-corrected chi connectivity index (χ2v) is 12.0. The molecule has 6 rings (SSSR count). The van der Waals surface area contributed by atoms with Crippen LogP contribution in [0.5, 0.6) is 5.19 Å². The quantitative estimate of drug-likeness (QED) is 0.354. The highest BCUT2D eigenvalue weighted by Crippen LogP contribution is 2.45. The number of nitrogens with zero attached hydrogens (tertiary/aromatic N) is 6. The van der Waals surface area contributed by atoms with Crippen LogP contribution >= 0.6 is 11.3 Å². The number of fused-ring (bicyclic) bond motifs is 2. The molecule has 9 nitrogen and oxygen atoms in total. The standard InChI is InChI=1S/C25H25FN6O3S2/c1-2-31-23(7-9-28-31)37(33,34)30-11-8-19-13-22-18(15-29-32(22)21-5-3-20(26)4-6-21)14-25(19,16-30)17-35-24-27-10-12-36-24/h3-7,9-10,12-13,15H,2,8,11,14,16-17H2,1H3. The van der Waals surface area contributed by atoms with Gasteiger partial charge in [-0.05, 0) is 61.7 Å². The van der Waals surface area contributed by atoms with Crippen molar-refractivity contribution in [1.29, 1.82) is 0 Å². The number of benzene rings is 1. The number of sulfonamides is 1. The molecule has 192 valence electrons. The minimum Gasteiger partial charge on any atom is -0.469 e. The topological polar surface area (TPSA) is 95.1 Å². The lowest BCUT2D eigenvalue weighted by atomic mass is 9.69. The summed E-state index contributed by atoms with van der Waals surface area (Å²) < 4.78 is 51.9. The SMILES string of the molecule is CCn1nccc1S(=O)(=O)N1CCC2=Cc3c(cnn3-c3ccc(F)cc3)CC2(COc2nccs2)C1. The molecule has 1 aliphatic heterocycles. The molecule has 1 aliphatic carbocycles. The Kier molecular flexibility index (Phi) is 5.97. The Morgan fingerprint density at radius 3 is 2.76 bits per heavy atom. The maximum atomic E-state index is 13.7. The van der Waals surface area contributed by atoms with Crippen molar-refractivity contribution >= 4 is 27.4 Å². The summed E-state index contributed by atoms with van der Waals surface area (Å²) in [5, 5.41) is 11.3. The van der Waals surface area contributed by atoms with E-state index in [1.54, 1.807) is 39.6 Å². The molecule has 1 saturated heterocycles. The number of hydrogen-bond donors (Lipinski definition) is 0. The molecule has 37 heavy (non-hydrogen) atoms. The van der Waals surface area contributed by atoms with Gasteiger partial charge in [-0.1, -0.05) is 16.9 Å². The van der Waals surface area contributed by atoms with Crippen LogP contribution in [-0.4, -0.2) is 57.0 Å². The summed E-state index contributed by atoms with van der Waals surface area (Å²) in [4.78, 5) is 4.25. The summed E-state index contributed by atoms with van der Waals surface area (Å²) >= 11 is 1.40. The van der Waals surface area contributed by atoms with Gasteiger partial charge < -0.3 is 4.74 Å². The first kappa shape index (κ1) is 24.0. The molecule has 0 radical (unpaired) electrons. The first-order chi connectivity index (χ1) is 17.9. The predicted molar refractivity (Wildman–Crippen MR) is 137 cm³/mol. The molecule has 1 fully saturated rings. The summed E-state index contributed by atoms with van der Waals surface area (Å²) in [7, 11) is -3.76. The van der Waals surface area contributed by atoms with Gasteiger partial charge in [0.15, 0.2) is 5.03 Å². The number of rotatable bonds is 7. The van der Waals surface area contributed by atoms with Crippen LogP contribution in [0.15, 0.2) is 64.9 Å². The molecule has 0 saturated carbocycles. The third kappa shape index (κ3) is 4.18. The molecule has 0 spiro atoms. The van der Waals surface area contributed by atoms with Crippen molar-refractivity contribution in [2.45, 2.75) is 31.3 Å². The Morgan fingerprint density at radius 2 is 2.00 bits per heavy atom. The molecule has 3 aromatic heterocycles. The number of halogens is 1. The summed E-state index contributed by atoms with van der Waals surface area (Å²) in [5.41, 5.74) is 3.19. The van der Waals surface area contributed by atoms with Crippen molar-refractivity contribution in [3.8, 4) is 10.9 Å². The molecule has 1 atom stereocenters. The average Bonchev–Trinajstić information content (AvgIpc) is 3.67. The average molecular weight is 541 g/mol. The molecule has 4 heterocycles. The third-order valence-corrected chi connectivity index (χ3v) is 9.60. The molecule has 1 aromatic carbocycles. The highest BCUT2D eigenvalue weighted by atomic mass is 32.2. The Morgan fingerprint density at radius 1 is 1.16 bits per heavy atom. The highest BCUT2D eigenvalue weighted by molar-refractivity contribution is 7.89. The van der Waals surface area contributed by atoms with Crippen LogP contribution in [0.25, 0.3) is 11.8 Å². The highest BCUT2D eigenvalue weighted by Gasteiger charge is 2.47. The Hall–Kier alpha value is -3.35. The van der Waals surface area contributed by atoms with E-state index in [1.807, 2.05) is 12.3 Å². The molecule has 1 unspecified atom stereocenters. The van der Waals surface area contributed by atoms with Crippen LogP contribution in [0.2, 0.25) is 0 Å². The Labute approximate surface area is 217 Å². The van der Waals surface area contributed by atoms with Gasteiger partial charge in [0.25, 0.3) is 15.2 Å². The summed E-state index contributed by atoms with van der Waals surface area (Å²) in [5.74, 6) is -0.306. The third-order valence-electron chi connectivity index (χ3n) is 7.05. The van der Waals surface area contributed by atoms with Crippen molar-refractivity contribution in [1.82, 2.24) is 28.9 Å². The number of thiazole rings is 1. The minimum absolute atomic E-state index is 0.194. The van der Waals surface area contributed by atoms with E-state index in [4.69, 9.17) is 4.74 Å². The van der Waals surface area contributed by atoms with Gasteiger partial charge in [0.2, 0.25) is 0 Å². The predicted octanol–water partition coefficient (Wildman–Crippen LogP) is 3.78. The molecular weight excluding hydrogens is 515 g/mol. The second-order valence-electron chi connectivity index (χ2n) is 9.23. The van der Waals surface area contributed by atoms with Crippen LogP contribution in [0, 0.1) is 11.2 Å². The summed E-state index contributed by atoms with van der Waals surface area (Å²) in [6.45, 7) is 3.23. The fourth-order valence-corrected chi connectivity index (χ4v) is 7.38. The number of piperidine rings is 1. The van der Waals surface area contributed by atoms with Gasteiger partial charge in [-0.3, -0.25) is 4.68 Å². The molecule has 12 heteroatoms. The molecule has 0 N–H and O–H groups in total. The minimum atomic E-state index is -3.76. The first-order valence-electron chi connectivity index (χ1n) is 12.0. The van der Waals surface area contributed by atoms with Crippen LogP contribution in [0.4, 0.5) is 4.39 Å². The van der Waals surface area contributed by atoms with Crippen molar-refractivity contribution in [3.63, 3.8) is 0 Å². The number of aromatic nitrogens is 5. The zero-order chi connectivity index (χ0) is 25.6. The monoisotopic (exact) mass is 540 g/mol. The van der Waals surface area contributed by atoms with Crippen LogP contribution in [-0.2, 0) is 23.0 Å². The summed E-state index contributed by atoms with van der Waals surface area (Å²) in [6, 6.07) is 7.77. The number of ether oxygens (including phenoxy) is 1. The van der Waals surface area contributed by atoms with Gasteiger partial charge in [-0.25, -0.2) is 22.5 Å². The van der Waals surface area contributed by atoms with Crippen molar-refractivity contribution in [2.75, 3.05) is 19.7 Å².